The Hall–Kier alpha value is -3.22. The number of rotatable bonds is 12. The van der Waals surface area contributed by atoms with Crippen LogP contribution >= 0.6 is 0 Å². The molecule has 0 aliphatic carbocycles. The molecule has 0 aliphatic heterocycles. The van der Waals surface area contributed by atoms with E-state index in [0.29, 0.717) is 11.3 Å². The van der Waals surface area contributed by atoms with Crippen molar-refractivity contribution in [1.29, 1.82) is 0 Å². The average molecular weight is 552 g/mol. The van der Waals surface area contributed by atoms with E-state index in [0.717, 1.165) is 0 Å². The highest BCUT2D eigenvalue weighted by Crippen LogP contribution is 2.22. The molecule has 2 rings (SSSR count). The molecule has 12 heteroatoms. The van der Waals surface area contributed by atoms with Crippen LogP contribution in [0.15, 0.2) is 53.4 Å². The number of aliphatic hydroxyl groups is 1. The van der Waals surface area contributed by atoms with Gasteiger partial charge in [0.2, 0.25) is 10.0 Å². The molecule has 0 bridgehead atoms. The summed E-state index contributed by atoms with van der Waals surface area (Å²) in [6.07, 6.45) is -2.03. The van der Waals surface area contributed by atoms with Gasteiger partial charge in [0.1, 0.15) is 11.4 Å². The maximum atomic E-state index is 13.5. The minimum Gasteiger partial charge on any atom is -0.497 e. The van der Waals surface area contributed by atoms with Crippen molar-refractivity contribution in [2.45, 2.75) is 63.7 Å². The summed E-state index contributed by atoms with van der Waals surface area (Å²) in [6.45, 7) is 8.62. The number of ether oxygens (including phenoxy) is 2. The number of nitrogens with one attached hydrogen (secondary N) is 1. The molecule has 0 heterocycles. The average Bonchev–Trinajstić information content (AvgIpc) is 2.82. The standard InChI is InChI=1S/C26H37N3O8S/c1-18(2)16-28(38(34,35)22-13-11-21(36-6)12-14-22)17-24(30)23(27-25(31)37-26(3,4)5)15-19-7-9-20(10-8-19)29(32)33/h7-14,18,23-24,30H,15-17H2,1-6H3,(H,27,31)/t23-,24+/m0/s1. The minimum atomic E-state index is -4.00. The summed E-state index contributed by atoms with van der Waals surface area (Å²) in [7, 11) is -2.52. The zero-order chi connectivity index (χ0) is 28.7. The van der Waals surface area contributed by atoms with Gasteiger partial charge in [0.25, 0.3) is 5.69 Å². The topological polar surface area (TPSA) is 148 Å². The van der Waals surface area contributed by atoms with E-state index < -0.39 is 38.8 Å². The number of sulfonamides is 1. The van der Waals surface area contributed by atoms with Crippen LogP contribution < -0.4 is 10.1 Å². The quantitative estimate of drug-likeness (QED) is 0.299. The van der Waals surface area contributed by atoms with E-state index in [2.05, 4.69) is 5.32 Å². The Balaban J connectivity index is 2.35. The molecule has 0 aromatic heterocycles. The lowest BCUT2D eigenvalue weighted by Crippen LogP contribution is -2.51. The number of non-ortho nitro benzene ring substituents is 1. The number of hydrogen-bond acceptors (Lipinski definition) is 8. The molecule has 2 aromatic rings. The lowest BCUT2D eigenvalue weighted by molar-refractivity contribution is -0.384. The molecule has 0 unspecified atom stereocenters. The number of carbonyl (C=O) groups excluding carboxylic acids is 1. The highest BCUT2D eigenvalue weighted by Gasteiger charge is 2.32. The van der Waals surface area contributed by atoms with E-state index in [9.17, 15) is 28.4 Å². The Morgan fingerprint density at radius 3 is 2.13 bits per heavy atom. The van der Waals surface area contributed by atoms with Crippen LogP contribution in [0.5, 0.6) is 5.75 Å². The molecular formula is C26H37N3O8S. The fourth-order valence-corrected chi connectivity index (χ4v) is 5.28. The molecule has 0 saturated carbocycles. The first kappa shape index (κ1) is 31.0. The minimum absolute atomic E-state index is 0.0400. The van der Waals surface area contributed by atoms with Gasteiger partial charge in [-0.25, -0.2) is 13.2 Å². The predicted molar refractivity (Wildman–Crippen MR) is 143 cm³/mol. The molecule has 2 atom stereocenters. The van der Waals surface area contributed by atoms with Gasteiger partial charge in [-0.2, -0.15) is 4.31 Å². The first-order valence-corrected chi connectivity index (χ1v) is 13.6. The van der Waals surface area contributed by atoms with Crippen LogP contribution in [-0.4, -0.2) is 66.8 Å². The van der Waals surface area contributed by atoms with E-state index in [1.807, 2.05) is 13.8 Å². The first-order valence-electron chi connectivity index (χ1n) is 12.2. The van der Waals surface area contributed by atoms with E-state index in [1.54, 1.807) is 32.9 Å². The maximum absolute atomic E-state index is 13.5. The maximum Gasteiger partial charge on any atom is 0.407 e. The summed E-state index contributed by atoms with van der Waals surface area (Å²) < 4.78 is 38.6. The predicted octanol–water partition coefficient (Wildman–Crippen LogP) is 3.75. The van der Waals surface area contributed by atoms with Gasteiger partial charge in [-0.15, -0.1) is 0 Å². The van der Waals surface area contributed by atoms with Crippen molar-refractivity contribution < 1.29 is 32.7 Å². The van der Waals surface area contributed by atoms with Gasteiger partial charge in [0.05, 0.1) is 29.1 Å². The fourth-order valence-electron chi connectivity index (χ4n) is 3.66. The normalized spacial score (nSPS) is 13.7. The van der Waals surface area contributed by atoms with Crippen molar-refractivity contribution in [1.82, 2.24) is 9.62 Å². The summed E-state index contributed by atoms with van der Waals surface area (Å²) in [5, 5.41) is 24.9. The van der Waals surface area contributed by atoms with Crippen molar-refractivity contribution in [3.8, 4) is 5.75 Å². The summed E-state index contributed by atoms with van der Waals surface area (Å²) in [5.74, 6) is 0.450. The fraction of sp³-hybridized carbons (Fsp3) is 0.500. The summed E-state index contributed by atoms with van der Waals surface area (Å²) in [6, 6.07) is 10.7. The van der Waals surface area contributed by atoms with Crippen LogP contribution in [0, 0.1) is 16.0 Å². The second-order valence-electron chi connectivity index (χ2n) is 10.3. The number of carbonyl (C=O) groups is 1. The zero-order valence-corrected chi connectivity index (χ0v) is 23.4. The molecule has 0 saturated heterocycles. The second-order valence-corrected chi connectivity index (χ2v) is 12.3. The molecule has 38 heavy (non-hydrogen) atoms. The van der Waals surface area contributed by atoms with Crippen molar-refractivity contribution in [2.24, 2.45) is 5.92 Å². The Morgan fingerprint density at radius 1 is 1.08 bits per heavy atom. The molecule has 2 N–H and O–H groups in total. The zero-order valence-electron chi connectivity index (χ0n) is 22.6. The number of nitro groups is 1. The second kappa shape index (κ2) is 13.0. The van der Waals surface area contributed by atoms with Gasteiger partial charge in [-0.3, -0.25) is 10.1 Å². The van der Waals surface area contributed by atoms with Gasteiger partial charge >= 0.3 is 6.09 Å². The van der Waals surface area contributed by atoms with Crippen molar-refractivity contribution in [3.63, 3.8) is 0 Å². The van der Waals surface area contributed by atoms with Gasteiger partial charge in [0.15, 0.2) is 0 Å². The number of nitrogens with zero attached hydrogens (tertiary/aromatic N) is 2. The van der Waals surface area contributed by atoms with Gasteiger partial charge < -0.3 is 19.9 Å². The van der Waals surface area contributed by atoms with Gasteiger partial charge in [-0.05, 0) is 62.9 Å². The molecule has 210 valence electrons. The Kier molecular flexibility index (Phi) is 10.6. The Morgan fingerprint density at radius 2 is 1.66 bits per heavy atom. The number of nitro benzene ring substituents is 1. The van der Waals surface area contributed by atoms with Crippen LogP contribution in [0.3, 0.4) is 0 Å². The van der Waals surface area contributed by atoms with Crippen molar-refractivity contribution in [3.05, 3.63) is 64.2 Å². The third kappa shape index (κ3) is 9.26. The first-order chi connectivity index (χ1) is 17.6. The highest BCUT2D eigenvalue weighted by molar-refractivity contribution is 7.89. The van der Waals surface area contributed by atoms with E-state index in [4.69, 9.17) is 9.47 Å². The summed E-state index contributed by atoms with van der Waals surface area (Å²) >= 11 is 0. The number of methoxy groups -OCH3 is 1. The number of alkyl carbamates (subject to hydrolysis) is 1. The Labute approximate surface area is 224 Å². The van der Waals surface area contributed by atoms with Crippen molar-refractivity contribution in [2.75, 3.05) is 20.2 Å². The Bertz CT molecular complexity index is 1180. The van der Waals surface area contributed by atoms with Gasteiger partial charge in [-0.1, -0.05) is 26.0 Å². The molecule has 2 aromatic carbocycles. The van der Waals surface area contributed by atoms with Crippen LogP contribution in [0.1, 0.15) is 40.2 Å². The molecule has 0 radical (unpaired) electrons. The molecule has 1 amide bonds. The van der Waals surface area contributed by atoms with Crippen LogP contribution in [-0.2, 0) is 21.2 Å². The lowest BCUT2D eigenvalue weighted by atomic mass is 10.0. The van der Waals surface area contributed by atoms with E-state index in [1.165, 1.54) is 47.8 Å². The van der Waals surface area contributed by atoms with Crippen LogP contribution in [0.25, 0.3) is 0 Å². The van der Waals surface area contributed by atoms with E-state index in [-0.39, 0.29) is 36.0 Å². The third-order valence-electron chi connectivity index (χ3n) is 5.43. The summed E-state index contributed by atoms with van der Waals surface area (Å²) in [5.41, 5.74) is -0.294. The number of hydrogen-bond donors (Lipinski definition) is 2. The number of amides is 1. The number of benzene rings is 2. The lowest BCUT2D eigenvalue weighted by Gasteiger charge is -2.31. The largest absolute Gasteiger partial charge is 0.497 e. The molecule has 0 spiro atoms. The SMILES string of the molecule is COc1ccc(S(=O)(=O)N(CC(C)C)C[C@@H](O)[C@H](Cc2ccc([N+](=O)[O-])cc2)NC(=O)OC(C)(C)C)cc1. The van der Waals surface area contributed by atoms with Crippen molar-refractivity contribution >= 4 is 21.8 Å². The molecule has 0 fully saturated rings. The van der Waals surface area contributed by atoms with Crippen LogP contribution in [0.2, 0.25) is 0 Å². The van der Waals surface area contributed by atoms with Gasteiger partial charge in [0, 0.05) is 25.2 Å². The smallest absolute Gasteiger partial charge is 0.407 e. The summed E-state index contributed by atoms with van der Waals surface area (Å²) in [4.78, 5) is 23.1. The van der Waals surface area contributed by atoms with E-state index >= 15 is 0 Å². The third-order valence-corrected chi connectivity index (χ3v) is 7.27. The molecule has 11 nitrogen and oxygen atoms in total. The monoisotopic (exact) mass is 551 g/mol. The number of aliphatic hydroxyl groups excluding tert-OH is 1. The highest BCUT2D eigenvalue weighted by atomic mass is 32.2. The molecule has 0 aliphatic rings. The van der Waals surface area contributed by atoms with Crippen LogP contribution in [0.4, 0.5) is 10.5 Å². The molecular weight excluding hydrogens is 514 g/mol.